The minimum absolute atomic E-state index is 0. The number of aryl methyl sites for hydroxylation is 1. The van der Waals surface area contributed by atoms with Crippen molar-refractivity contribution in [3.63, 3.8) is 0 Å². The van der Waals surface area contributed by atoms with Crippen LogP contribution in [0.3, 0.4) is 0 Å². The Morgan fingerprint density at radius 1 is 1.45 bits per heavy atom. The van der Waals surface area contributed by atoms with E-state index in [0.29, 0.717) is 18.9 Å². The molecule has 1 aliphatic rings. The molecule has 1 aliphatic heterocycles. The molecule has 0 spiro atoms. The number of likely N-dealkylation sites (tertiary alicyclic amines) is 1. The maximum Gasteiger partial charge on any atom is 0.226 e. The first-order valence-electron chi connectivity index (χ1n) is 7.81. The van der Waals surface area contributed by atoms with Gasteiger partial charge in [0.05, 0.1) is 13.0 Å². The molecule has 0 radical (unpaired) electrons. The number of nitrogens with one attached hydrogen (secondary N) is 1. The Morgan fingerprint density at radius 3 is 3.00 bits per heavy atom. The van der Waals surface area contributed by atoms with Gasteiger partial charge in [-0.2, -0.15) is 0 Å². The van der Waals surface area contributed by atoms with Crippen LogP contribution < -0.4 is 10.1 Å². The Morgan fingerprint density at radius 2 is 2.27 bits per heavy atom. The summed E-state index contributed by atoms with van der Waals surface area (Å²) in [5.74, 6) is 1.64. The van der Waals surface area contributed by atoms with Gasteiger partial charge in [0.1, 0.15) is 5.75 Å². The van der Waals surface area contributed by atoms with Crippen LogP contribution in [0, 0.1) is 12.8 Å². The topological polar surface area (TPSA) is 41.6 Å². The highest BCUT2D eigenvalue weighted by molar-refractivity contribution is 5.85. The normalized spacial score (nSPS) is 17.7. The number of rotatable bonds is 6. The smallest absolute Gasteiger partial charge is 0.226 e. The molecule has 2 rings (SSSR count). The van der Waals surface area contributed by atoms with Crippen LogP contribution in [-0.2, 0) is 4.79 Å². The quantitative estimate of drug-likeness (QED) is 0.873. The standard InChI is InChI=1S/C17H26N2O2.ClH/c1-14-5-3-7-16(11-14)21-10-8-17(20)19-9-4-6-15(13-19)12-18-2;/h3,5,7,11,15,18H,4,6,8-10,12-13H2,1-2H3;1H. The maximum atomic E-state index is 12.2. The molecular weight excluding hydrogens is 300 g/mol. The predicted octanol–water partition coefficient (Wildman–Crippen LogP) is 2.64. The first-order valence-corrected chi connectivity index (χ1v) is 7.81. The van der Waals surface area contributed by atoms with Crippen molar-refractivity contribution in [2.45, 2.75) is 26.2 Å². The molecule has 1 atom stereocenters. The third-order valence-electron chi connectivity index (χ3n) is 3.94. The first kappa shape index (κ1) is 18.8. The highest BCUT2D eigenvalue weighted by Crippen LogP contribution is 2.17. The minimum Gasteiger partial charge on any atom is -0.493 e. The number of carbonyl (C=O) groups is 1. The Kier molecular flexibility index (Phi) is 8.28. The largest absolute Gasteiger partial charge is 0.493 e. The maximum absolute atomic E-state index is 12.2. The van der Waals surface area contributed by atoms with Gasteiger partial charge in [-0.25, -0.2) is 0 Å². The number of halogens is 1. The summed E-state index contributed by atoms with van der Waals surface area (Å²) in [5, 5.41) is 3.20. The third kappa shape index (κ3) is 5.85. The third-order valence-corrected chi connectivity index (χ3v) is 3.94. The predicted molar refractivity (Wildman–Crippen MR) is 91.8 cm³/mol. The number of ether oxygens (including phenoxy) is 1. The molecule has 0 bridgehead atoms. The van der Waals surface area contributed by atoms with Crippen molar-refractivity contribution < 1.29 is 9.53 Å². The molecule has 5 heteroatoms. The van der Waals surface area contributed by atoms with E-state index in [2.05, 4.69) is 5.32 Å². The van der Waals surface area contributed by atoms with Gasteiger partial charge in [-0.3, -0.25) is 4.79 Å². The summed E-state index contributed by atoms with van der Waals surface area (Å²) in [6.45, 7) is 5.25. The van der Waals surface area contributed by atoms with Crippen LogP contribution in [0.2, 0.25) is 0 Å². The number of hydrogen-bond acceptors (Lipinski definition) is 3. The van der Waals surface area contributed by atoms with Gasteiger partial charge in [-0.1, -0.05) is 12.1 Å². The second-order valence-electron chi connectivity index (χ2n) is 5.82. The summed E-state index contributed by atoms with van der Waals surface area (Å²) in [4.78, 5) is 14.2. The SMILES string of the molecule is CNCC1CCCN(C(=O)CCOc2cccc(C)c2)C1.Cl. The van der Waals surface area contributed by atoms with Crippen molar-refractivity contribution in [2.75, 3.05) is 33.3 Å². The number of piperidine rings is 1. The van der Waals surface area contributed by atoms with E-state index in [4.69, 9.17) is 4.74 Å². The number of hydrogen-bond donors (Lipinski definition) is 1. The van der Waals surface area contributed by atoms with E-state index in [9.17, 15) is 4.79 Å². The van der Waals surface area contributed by atoms with Crippen molar-refractivity contribution in [1.82, 2.24) is 10.2 Å². The monoisotopic (exact) mass is 326 g/mol. The van der Waals surface area contributed by atoms with Crippen molar-refractivity contribution >= 4 is 18.3 Å². The molecule has 1 amide bonds. The van der Waals surface area contributed by atoms with E-state index in [-0.39, 0.29) is 18.3 Å². The van der Waals surface area contributed by atoms with Crippen LogP contribution in [0.1, 0.15) is 24.8 Å². The van der Waals surface area contributed by atoms with Crippen LogP contribution in [0.25, 0.3) is 0 Å². The van der Waals surface area contributed by atoms with Crippen molar-refractivity contribution in [2.24, 2.45) is 5.92 Å². The van der Waals surface area contributed by atoms with Gasteiger partial charge in [0.15, 0.2) is 0 Å². The molecule has 0 saturated carbocycles. The number of carbonyl (C=O) groups excluding carboxylic acids is 1. The molecular formula is C17H27ClN2O2. The molecule has 1 fully saturated rings. The lowest BCUT2D eigenvalue weighted by atomic mass is 9.98. The van der Waals surface area contributed by atoms with Gasteiger partial charge in [0, 0.05) is 13.1 Å². The van der Waals surface area contributed by atoms with Crippen LogP contribution in [0.5, 0.6) is 5.75 Å². The highest BCUT2D eigenvalue weighted by atomic mass is 35.5. The lowest BCUT2D eigenvalue weighted by Gasteiger charge is -2.32. The number of amides is 1. The molecule has 4 nitrogen and oxygen atoms in total. The van der Waals surface area contributed by atoms with Gasteiger partial charge in [0.2, 0.25) is 5.91 Å². The lowest BCUT2D eigenvalue weighted by molar-refractivity contribution is -0.133. The van der Waals surface area contributed by atoms with Crippen LogP contribution in [-0.4, -0.2) is 44.1 Å². The Bertz CT molecular complexity index is 466. The van der Waals surface area contributed by atoms with Crippen LogP contribution in [0.15, 0.2) is 24.3 Å². The molecule has 0 aromatic heterocycles. The summed E-state index contributed by atoms with van der Waals surface area (Å²) < 4.78 is 5.66. The van der Waals surface area contributed by atoms with Gasteiger partial charge >= 0.3 is 0 Å². The van der Waals surface area contributed by atoms with Crippen LogP contribution >= 0.6 is 12.4 Å². The summed E-state index contributed by atoms with van der Waals surface area (Å²) in [6.07, 6.45) is 2.78. The molecule has 124 valence electrons. The molecule has 1 aromatic rings. The highest BCUT2D eigenvalue weighted by Gasteiger charge is 2.22. The van der Waals surface area contributed by atoms with Gasteiger partial charge in [0.25, 0.3) is 0 Å². The van der Waals surface area contributed by atoms with Crippen molar-refractivity contribution in [3.8, 4) is 5.75 Å². The molecule has 1 N–H and O–H groups in total. The Balaban J connectivity index is 0.00000242. The fraction of sp³-hybridized carbons (Fsp3) is 0.588. The van der Waals surface area contributed by atoms with E-state index < -0.39 is 0 Å². The zero-order chi connectivity index (χ0) is 15.1. The Hall–Kier alpha value is -1.26. The van der Waals surface area contributed by atoms with Gasteiger partial charge in [-0.15, -0.1) is 12.4 Å². The van der Waals surface area contributed by atoms with Crippen molar-refractivity contribution in [3.05, 3.63) is 29.8 Å². The van der Waals surface area contributed by atoms with Crippen molar-refractivity contribution in [1.29, 1.82) is 0 Å². The van der Waals surface area contributed by atoms with E-state index in [1.54, 1.807) is 0 Å². The van der Waals surface area contributed by atoms with Gasteiger partial charge in [-0.05, 0) is 57.0 Å². The zero-order valence-electron chi connectivity index (χ0n) is 13.5. The van der Waals surface area contributed by atoms with Gasteiger partial charge < -0.3 is 15.0 Å². The summed E-state index contributed by atoms with van der Waals surface area (Å²) in [7, 11) is 1.97. The fourth-order valence-electron chi connectivity index (χ4n) is 2.87. The zero-order valence-corrected chi connectivity index (χ0v) is 14.3. The second-order valence-corrected chi connectivity index (χ2v) is 5.82. The second kappa shape index (κ2) is 9.70. The summed E-state index contributed by atoms with van der Waals surface area (Å²) >= 11 is 0. The molecule has 1 unspecified atom stereocenters. The number of nitrogens with zero attached hydrogens (tertiary/aromatic N) is 1. The average molecular weight is 327 g/mol. The van der Waals surface area contributed by atoms with E-state index in [0.717, 1.165) is 31.8 Å². The number of benzene rings is 1. The van der Waals surface area contributed by atoms with E-state index in [1.165, 1.54) is 12.0 Å². The first-order chi connectivity index (χ1) is 10.2. The van der Waals surface area contributed by atoms with Crippen LogP contribution in [0.4, 0.5) is 0 Å². The Labute approximate surface area is 139 Å². The lowest BCUT2D eigenvalue weighted by Crippen LogP contribution is -2.42. The molecule has 1 saturated heterocycles. The molecule has 1 heterocycles. The molecule has 22 heavy (non-hydrogen) atoms. The molecule has 1 aromatic carbocycles. The minimum atomic E-state index is 0. The molecule has 0 aliphatic carbocycles. The van der Waals surface area contributed by atoms with E-state index >= 15 is 0 Å². The van der Waals surface area contributed by atoms with E-state index in [1.807, 2.05) is 43.1 Å². The average Bonchev–Trinajstić information content (AvgIpc) is 2.48. The fourth-order valence-corrected chi connectivity index (χ4v) is 2.87. The summed E-state index contributed by atoms with van der Waals surface area (Å²) in [6, 6.07) is 7.93. The summed E-state index contributed by atoms with van der Waals surface area (Å²) in [5.41, 5.74) is 1.17.